The van der Waals surface area contributed by atoms with E-state index in [0.717, 1.165) is 11.1 Å². The van der Waals surface area contributed by atoms with Crippen LogP contribution in [0.4, 0.5) is 5.69 Å². The van der Waals surface area contributed by atoms with E-state index in [1.807, 2.05) is 13.8 Å². The second kappa shape index (κ2) is 3.57. The SMILES string of the molecule is COc1c(C)c(C)cc(C(=O)O)c1N. The predicted molar refractivity (Wildman–Crippen MR) is 53.8 cm³/mol. The second-order valence-corrected chi connectivity index (χ2v) is 3.12. The van der Waals surface area contributed by atoms with Crippen molar-refractivity contribution in [3.63, 3.8) is 0 Å². The minimum atomic E-state index is -1.04. The Morgan fingerprint density at radius 3 is 2.50 bits per heavy atom. The number of carbonyl (C=O) groups is 1. The van der Waals surface area contributed by atoms with Crippen molar-refractivity contribution in [3.05, 3.63) is 22.8 Å². The number of rotatable bonds is 2. The molecule has 4 heteroatoms. The molecular weight excluding hydrogens is 182 g/mol. The number of carboxylic acid groups (broad SMARTS) is 1. The lowest BCUT2D eigenvalue weighted by molar-refractivity contribution is 0.0697. The maximum Gasteiger partial charge on any atom is 0.337 e. The lowest BCUT2D eigenvalue weighted by Crippen LogP contribution is -2.06. The largest absolute Gasteiger partial charge is 0.494 e. The van der Waals surface area contributed by atoms with Gasteiger partial charge in [-0.2, -0.15) is 0 Å². The molecule has 76 valence electrons. The Morgan fingerprint density at radius 2 is 2.07 bits per heavy atom. The van der Waals surface area contributed by atoms with Crippen LogP contribution >= 0.6 is 0 Å². The van der Waals surface area contributed by atoms with E-state index in [1.165, 1.54) is 7.11 Å². The number of aryl methyl sites for hydroxylation is 1. The number of aromatic carboxylic acids is 1. The summed E-state index contributed by atoms with van der Waals surface area (Å²) in [5.74, 6) is -0.591. The molecule has 0 aliphatic carbocycles. The summed E-state index contributed by atoms with van der Waals surface area (Å²) in [6.07, 6.45) is 0. The van der Waals surface area contributed by atoms with E-state index in [2.05, 4.69) is 0 Å². The highest BCUT2D eigenvalue weighted by Gasteiger charge is 2.16. The lowest BCUT2D eigenvalue weighted by atomic mass is 10.0. The van der Waals surface area contributed by atoms with Crippen LogP contribution in [-0.4, -0.2) is 18.2 Å². The Morgan fingerprint density at radius 1 is 1.50 bits per heavy atom. The van der Waals surface area contributed by atoms with Crippen molar-refractivity contribution < 1.29 is 14.6 Å². The van der Waals surface area contributed by atoms with Crippen LogP contribution < -0.4 is 10.5 Å². The average molecular weight is 195 g/mol. The van der Waals surface area contributed by atoms with Crippen molar-refractivity contribution in [2.24, 2.45) is 0 Å². The molecule has 0 spiro atoms. The Bertz CT molecular complexity index is 385. The highest BCUT2D eigenvalue weighted by molar-refractivity contribution is 5.96. The summed E-state index contributed by atoms with van der Waals surface area (Å²) in [7, 11) is 1.48. The number of methoxy groups -OCH3 is 1. The molecule has 4 nitrogen and oxygen atoms in total. The molecule has 0 aliphatic heterocycles. The molecule has 0 saturated carbocycles. The van der Waals surface area contributed by atoms with Crippen LogP contribution in [0.25, 0.3) is 0 Å². The van der Waals surface area contributed by atoms with Gasteiger partial charge in [0.15, 0.2) is 0 Å². The molecule has 1 rings (SSSR count). The minimum Gasteiger partial charge on any atom is -0.494 e. The number of benzene rings is 1. The molecule has 14 heavy (non-hydrogen) atoms. The number of nitrogens with two attached hydrogens (primary N) is 1. The first-order valence-electron chi connectivity index (χ1n) is 4.16. The van der Waals surface area contributed by atoms with Gasteiger partial charge < -0.3 is 15.6 Å². The molecular formula is C10H13NO3. The number of carboxylic acids is 1. The monoisotopic (exact) mass is 195 g/mol. The molecule has 0 bridgehead atoms. The molecule has 0 atom stereocenters. The van der Waals surface area contributed by atoms with E-state index < -0.39 is 5.97 Å². The maximum absolute atomic E-state index is 10.8. The normalized spacial score (nSPS) is 9.93. The maximum atomic E-state index is 10.8. The standard InChI is InChI=1S/C10H13NO3/c1-5-4-7(10(12)13)8(11)9(14-3)6(5)2/h4H,11H2,1-3H3,(H,12,13). The fraction of sp³-hybridized carbons (Fsp3) is 0.300. The Labute approximate surface area is 82.3 Å². The van der Waals surface area contributed by atoms with E-state index in [9.17, 15) is 4.79 Å². The number of ether oxygens (including phenoxy) is 1. The summed E-state index contributed by atoms with van der Waals surface area (Å²) < 4.78 is 5.06. The summed E-state index contributed by atoms with van der Waals surface area (Å²) in [6.45, 7) is 3.67. The Kier molecular flexibility index (Phi) is 2.65. The smallest absolute Gasteiger partial charge is 0.337 e. The van der Waals surface area contributed by atoms with Gasteiger partial charge in [-0.25, -0.2) is 4.79 Å². The lowest BCUT2D eigenvalue weighted by Gasteiger charge is -2.12. The number of anilines is 1. The predicted octanol–water partition coefficient (Wildman–Crippen LogP) is 1.59. The van der Waals surface area contributed by atoms with Gasteiger partial charge in [0, 0.05) is 0 Å². The first-order chi connectivity index (χ1) is 6.49. The van der Waals surface area contributed by atoms with E-state index in [1.54, 1.807) is 6.07 Å². The van der Waals surface area contributed by atoms with Crippen molar-refractivity contribution >= 4 is 11.7 Å². The summed E-state index contributed by atoms with van der Waals surface area (Å²) in [5.41, 5.74) is 7.66. The molecule has 0 unspecified atom stereocenters. The third-order valence-electron chi connectivity index (χ3n) is 2.26. The third kappa shape index (κ3) is 1.51. The van der Waals surface area contributed by atoms with Gasteiger partial charge in [0.1, 0.15) is 5.75 Å². The zero-order valence-electron chi connectivity index (χ0n) is 8.42. The zero-order chi connectivity index (χ0) is 10.9. The van der Waals surface area contributed by atoms with Gasteiger partial charge >= 0.3 is 5.97 Å². The molecule has 0 saturated heterocycles. The number of hydrogen-bond donors (Lipinski definition) is 2. The molecule has 0 fully saturated rings. The zero-order valence-corrected chi connectivity index (χ0v) is 8.42. The first-order valence-corrected chi connectivity index (χ1v) is 4.16. The average Bonchev–Trinajstić information content (AvgIpc) is 2.12. The van der Waals surface area contributed by atoms with Gasteiger partial charge in [-0.1, -0.05) is 0 Å². The molecule has 0 heterocycles. The molecule has 1 aromatic carbocycles. The van der Waals surface area contributed by atoms with Crippen LogP contribution in [0, 0.1) is 13.8 Å². The van der Waals surface area contributed by atoms with Gasteiger partial charge in [0.2, 0.25) is 0 Å². The van der Waals surface area contributed by atoms with Gasteiger partial charge in [0.25, 0.3) is 0 Å². The minimum absolute atomic E-state index is 0.0879. The molecule has 0 aliphatic rings. The molecule has 1 aromatic rings. The summed E-state index contributed by atoms with van der Waals surface area (Å²) >= 11 is 0. The summed E-state index contributed by atoms with van der Waals surface area (Å²) in [4.78, 5) is 10.8. The Balaban J connectivity index is 3.50. The fourth-order valence-electron chi connectivity index (χ4n) is 1.35. The summed E-state index contributed by atoms with van der Waals surface area (Å²) in [5, 5.41) is 8.87. The van der Waals surface area contributed by atoms with Crippen LogP contribution in [0.15, 0.2) is 6.07 Å². The molecule has 3 N–H and O–H groups in total. The topological polar surface area (TPSA) is 72.5 Å². The first kappa shape index (κ1) is 10.4. The molecule has 0 radical (unpaired) electrons. The van der Waals surface area contributed by atoms with Gasteiger partial charge in [-0.3, -0.25) is 0 Å². The summed E-state index contributed by atoms with van der Waals surface area (Å²) in [6, 6.07) is 1.55. The Hall–Kier alpha value is -1.71. The van der Waals surface area contributed by atoms with Crippen molar-refractivity contribution in [1.29, 1.82) is 0 Å². The van der Waals surface area contributed by atoms with Gasteiger partial charge in [0.05, 0.1) is 18.4 Å². The van der Waals surface area contributed by atoms with Crippen molar-refractivity contribution in [1.82, 2.24) is 0 Å². The number of nitrogen functional groups attached to an aromatic ring is 1. The second-order valence-electron chi connectivity index (χ2n) is 3.12. The van der Waals surface area contributed by atoms with Gasteiger partial charge in [-0.15, -0.1) is 0 Å². The van der Waals surface area contributed by atoms with Crippen LogP contribution in [-0.2, 0) is 0 Å². The quantitative estimate of drug-likeness (QED) is 0.703. The third-order valence-corrected chi connectivity index (χ3v) is 2.26. The van der Waals surface area contributed by atoms with Gasteiger partial charge in [-0.05, 0) is 31.0 Å². The van der Waals surface area contributed by atoms with Crippen molar-refractivity contribution in [2.75, 3.05) is 12.8 Å². The van der Waals surface area contributed by atoms with E-state index in [4.69, 9.17) is 15.6 Å². The van der Waals surface area contributed by atoms with Crippen LogP contribution in [0.1, 0.15) is 21.5 Å². The van der Waals surface area contributed by atoms with Crippen LogP contribution in [0.3, 0.4) is 0 Å². The highest BCUT2D eigenvalue weighted by atomic mass is 16.5. The molecule has 0 amide bonds. The van der Waals surface area contributed by atoms with E-state index >= 15 is 0 Å². The van der Waals surface area contributed by atoms with Crippen LogP contribution in [0.2, 0.25) is 0 Å². The number of hydrogen-bond acceptors (Lipinski definition) is 3. The van der Waals surface area contributed by atoms with Crippen LogP contribution in [0.5, 0.6) is 5.75 Å². The van der Waals surface area contributed by atoms with E-state index in [0.29, 0.717) is 5.75 Å². The van der Waals surface area contributed by atoms with Crippen molar-refractivity contribution in [3.8, 4) is 5.75 Å². The van der Waals surface area contributed by atoms with E-state index in [-0.39, 0.29) is 11.3 Å². The fourth-order valence-corrected chi connectivity index (χ4v) is 1.35. The highest BCUT2D eigenvalue weighted by Crippen LogP contribution is 2.31. The molecule has 0 aromatic heterocycles. The van der Waals surface area contributed by atoms with Crippen molar-refractivity contribution in [2.45, 2.75) is 13.8 Å².